The average molecular weight is 214 g/mol. The summed E-state index contributed by atoms with van der Waals surface area (Å²) in [6.07, 6.45) is 4.75. The van der Waals surface area contributed by atoms with Crippen LogP contribution in [0.25, 0.3) is 0 Å². The molecule has 0 N–H and O–H groups in total. The Kier molecular flexibility index (Phi) is 5.87. The molecule has 0 spiro atoms. The van der Waals surface area contributed by atoms with E-state index >= 15 is 0 Å². The molecule has 92 valence electrons. The first-order valence-corrected chi connectivity index (χ1v) is 6.42. The zero-order valence-corrected chi connectivity index (χ0v) is 11.8. The molecule has 0 amide bonds. The number of hydrogen-bond donors (Lipinski definition) is 0. The molecule has 3 atom stereocenters. The molecule has 1 heteroatoms. The predicted octanol–water partition coefficient (Wildman–Crippen LogP) is 4.65. The molecule has 0 aliphatic carbocycles. The van der Waals surface area contributed by atoms with Crippen LogP contribution in [-0.2, 0) is 4.74 Å². The van der Waals surface area contributed by atoms with Crippen molar-refractivity contribution in [1.29, 1.82) is 0 Å². The number of methoxy groups -OCH3 is 1. The van der Waals surface area contributed by atoms with E-state index in [9.17, 15) is 0 Å². The molecular formula is C14H30O. The van der Waals surface area contributed by atoms with Crippen LogP contribution in [0.1, 0.15) is 67.2 Å². The summed E-state index contributed by atoms with van der Waals surface area (Å²) in [5.74, 6) is 0.767. The third kappa shape index (κ3) is 3.79. The van der Waals surface area contributed by atoms with Crippen LogP contribution >= 0.6 is 0 Å². The molecule has 0 radical (unpaired) electrons. The van der Waals surface area contributed by atoms with Crippen LogP contribution in [0.2, 0.25) is 0 Å². The van der Waals surface area contributed by atoms with Crippen molar-refractivity contribution in [2.45, 2.75) is 72.8 Å². The summed E-state index contributed by atoms with van der Waals surface area (Å²) in [5, 5.41) is 0. The van der Waals surface area contributed by atoms with E-state index in [0.717, 1.165) is 12.3 Å². The Bertz CT molecular complexity index is 172. The third-order valence-corrected chi connectivity index (χ3v) is 4.63. The van der Waals surface area contributed by atoms with E-state index in [1.54, 1.807) is 0 Å². The Morgan fingerprint density at radius 2 is 1.60 bits per heavy atom. The van der Waals surface area contributed by atoms with Crippen LogP contribution in [0.4, 0.5) is 0 Å². The van der Waals surface area contributed by atoms with Gasteiger partial charge >= 0.3 is 0 Å². The van der Waals surface area contributed by atoms with Gasteiger partial charge in [-0.25, -0.2) is 0 Å². The van der Waals surface area contributed by atoms with E-state index in [2.05, 4.69) is 41.5 Å². The van der Waals surface area contributed by atoms with E-state index < -0.39 is 0 Å². The predicted molar refractivity (Wildman–Crippen MR) is 68.2 cm³/mol. The van der Waals surface area contributed by atoms with Crippen molar-refractivity contribution in [1.82, 2.24) is 0 Å². The van der Waals surface area contributed by atoms with Crippen LogP contribution < -0.4 is 0 Å². The summed E-state index contributed by atoms with van der Waals surface area (Å²) in [5.41, 5.74) is 0.462. The summed E-state index contributed by atoms with van der Waals surface area (Å²) >= 11 is 0. The zero-order valence-electron chi connectivity index (χ0n) is 11.8. The lowest BCUT2D eigenvalue weighted by Crippen LogP contribution is -2.37. The molecule has 3 unspecified atom stereocenters. The van der Waals surface area contributed by atoms with Gasteiger partial charge in [-0.2, -0.15) is 0 Å². The van der Waals surface area contributed by atoms with Gasteiger partial charge in [-0.3, -0.25) is 0 Å². The van der Waals surface area contributed by atoms with E-state index in [-0.39, 0.29) is 5.60 Å². The molecule has 15 heavy (non-hydrogen) atoms. The highest BCUT2D eigenvalue weighted by molar-refractivity contribution is 4.87. The van der Waals surface area contributed by atoms with Gasteiger partial charge in [-0.05, 0) is 31.1 Å². The average Bonchev–Trinajstić information content (AvgIpc) is 2.27. The van der Waals surface area contributed by atoms with Gasteiger partial charge in [0, 0.05) is 7.11 Å². The Hall–Kier alpha value is -0.0400. The molecule has 0 saturated carbocycles. The minimum atomic E-state index is 0.0498. The molecule has 0 aromatic heterocycles. The molecule has 1 nitrogen and oxygen atoms in total. The van der Waals surface area contributed by atoms with Crippen molar-refractivity contribution < 1.29 is 4.74 Å². The van der Waals surface area contributed by atoms with Crippen molar-refractivity contribution in [3.8, 4) is 0 Å². The Labute approximate surface area is 96.6 Å². The summed E-state index contributed by atoms with van der Waals surface area (Å²) in [6.45, 7) is 13.8. The van der Waals surface area contributed by atoms with E-state index in [1.807, 2.05) is 7.11 Å². The van der Waals surface area contributed by atoms with Crippen LogP contribution in [-0.4, -0.2) is 12.7 Å². The molecule has 0 aromatic rings. The summed E-state index contributed by atoms with van der Waals surface area (Å²) < 4.78 is 5.68. The second kappa shape index (κ2) is 5.89. The maximum Gasteiger partial charge on any atom is 0.0653 e. The lowest BCUT2D eigenvalue weighted by Gasteiger charge is -2.41. The molecule has 0 bridgehead atoms. The largest absolute Gasteiger partial charge is 0.379 e. The molecule has 0 rings (SSSR count). The number of ether oxygens (including phenoxy) is 1. The normalized spacial score (nSPS) is 21.8. The molecule has 0 fully saturated rings. The molecule has 0 aliphatic rings. The topological polar surface area (TPSA) is 9.23 Å². The summed E-state index contributed by atoms with van der Waals surface area (Å²) in [6, 6.07) is 0. The second-order valence-corrected chi connectivity index (χ2v) is 5.50. The molecule has 0 saturated heterocycles. The standard InChI is InChI=1S/C14H30O/c1-8-12(4)13(5,9-2)11-14(6,10-3)15-7/h12H,8-11H2,1-7H3. The first-order valence-electron chi connectivity index (χ1n) is 6.42. The van der Waals surface area contributed by atoms with Crippen LogP contribution in [0.3, 0.4) is 0 Å². The van der Waals surface area contributed by atoms with Gasteiger partial charge in [0.25, 0.3) is 0 Å². The summed E-state index contributed by atoms with van der Waals surface area (Å²) in [7, 11) is 1.84. The highest BCUT2D eigenvalue weighted by Crippen LogP contribution is 2.42. The van der Waals surface area contributed by atoms with Crippen LogP contribution in [0, 0.1) is 11.3 Å². The fraction of sp³-hybridized carbons (Fsp3) is 1.00. The van der Waals surface area contributed by atoms with Gasteiger partial charge in [0.15, 0.2) is 0 Å². The van der Waals surface area contributed by atoms with Crippen molar-refractivity contribution in [2.75, 3.05) is 7.11 Å². The number of rotatable bonds is 7. The van der Waals surface area contributed by atoms with Gasteiger partial charge in [0.2, 0.25) is 0 Å². The second-order valence-electron chi connectivity index (χ2n) is 5.50. The van der Waals surface area contributed by atoms with Crippen molar-refractivity contribution in [2.24, 2.45) is 11.3 Å². The first kappa shape index (κ1) is 15.0. The van der Waals surface area contributed by atoms with Crippen LogP contribution in [0.5, 0.6) is 0 Å². The fourth-order valence-electron chi connectivity index (χ4n) is 2.34. The van der Waals surface area contributed by atoms with Gasteiger partial charge in [-0.1, -0.05) is 47.5 Å². The minimum absolute atomic E-state index is 0.0498. The zero-order chi connectivity index (χ0) is 12.1. The minimum Gasteiger partial charge on any atom is -0.379 e. The smallest absolute Gasteiger partial charge is 0.0653 e. The van der Waals surface area contributed by atoms with E-state index in [1.165, 1.54) is 19.3 Å². The monoisotopic (exact) mass is 214 g/mol. The SMILES string of the molecule is CCC(C)C(C)(CC)CC(C)(CC)OC. The van der Waals surface area contributed by atoms with E-state index in [0.29, 0.717) is 5.41 Å². The Morgan fingerprint density at radius 1 is 1.07 bits per heavy atom. The fourth-order valence-corrected chi connectivity index (χ4v) is 2.34. The van der Waals surface area contributed by atoms with Gasteiger partial charge in [0.1, 0.15) is 0 Å². The first-order chi connectivity index (χ1) is 6.87. The third-order valence-electron chi connectivity index (χ3n) is 4.63. The van der Waals surface area contributed by atoms with Gasteiger partial charge in [-0.15, -0.1) is 0 Å². The van der Waals surface area contributed by atoms with Crippen LogP contribution in [0.15, 0.2) is 0 Å². The maximum absolute atomic E-state index is 5.68. The molecule has 0 heterocycles. The van der Waals surface area contributed by atoms with Crippen molar-refractivity contribution in [3.63, 3.8) is 0 Å². The number of hydrogen-bond acceptors (Lipinski definition) is 1. The Balaban J connectivity index is 4.68. The molecular weight excluding hydrogens is 184 g/mol. The van der Waals surface area contributed by atoms with Crippen molar-refractivity contribution >= 4 is 0 Å². The van der Waals surface area contributed by atoms with E-state index in [4.69, 9.17) is 4.74 Å². The highest BCUT2D eigenvalue weighted by Gasteiger charge is 2.36. The van der Waals surface area contributed by atoms with Crippen molar-refractivity contribution in [3.05, 3.63) is 0 Å². The Morgan fingerprint density at radius 3 is 1.87 bits per heavy atom. The summed E-state index contributed by atoms with van der Waals surface area (Å²) in [4.78, 5) is 0. The lowest BCUT2D eigenvalue weighted by molar-refractivity contribution is -0.0478. The highest BCUT2D eigenvalue weighted by atomic mass is 16.5. The van der Waals surface area contributed by atoms with Gasteiger partial charge < -0.3 is 4.74 Å². The quantitative estimate of drug-likeness (QED) is 0.599. The molecule has 0 aliphatic heterocycles. The lowest BCUT2D eigenvalue weighted by atomic mass is 9.68. The maximum atomic E-state index is 5.68. The van der Waals surface area contributed by atoms with Gasteiger partial charge in [0.05, 0.1) is 5.60 Å². The molecule has 0 aromatic carbocycles.